The molecule has 12 heavy (non-hydrogen) atoms. The van der Waals surface area contributed by atoms with Gasteiger partial charge in [-0.1, -0.05) is 34.8 Å². The van der Waals surface area contributed by atoms with Crippen LogP contribution < -0.4 is 0 Å². The maximum absolute atomic E-state index is 10.6. The number of thiophene rings is 1. The van der Waals surface area contributed by atoms with Crippen LogP contribution >= 0.6 is 46.1 Å². The number of halogens is 3. The second kappa shape index (κ2) is 3.32. The Labute approximate surface area is 87.6 Å². The molecule has 0 aliphatic rings. The standard InChI is InChI=1S/C4HCl3O3S2/c5-1-2(12(8,9)10)4(7)11-3(1)6/h(H,8,9,10). The fraction of sp³-hybridized carbons (Fsp3) is 0. The summed E-state index contributed by atoms with van der Waals surface area (Å²) in [6.07, 6.45) is 0. The molecule has 0 bridgehead atoms. The van der Waals surface area contributed by atoms with E-state index in [0.717, 1.165) is 11.3 Å². The zero-order chi connectivity index (χ0) is 9.52. The molecule has 1 heterocycles. The zero-order valence-electron chi connectivity index (χ0n) is 5.21. The summed E-state index contributed by atoms with van der Waals surface area (Å²) in [5.74, 6) is 0. The van der Waals surface area contributed by atoms with Crippen LogP contribution in [0.3, 0.4) is 0 Å². The average Bonchev–Trinajstić information content (AvgIpc) is 2.05. The minimum atomic E-state index is -4.38. The Morgan fingerprint density at radius 3 is 1.83 bits per heavy atom. The van der Waals surface area contributed by atoms with E-state index in [1.54, 1.807) is 0 Å². The van der Waals surface area contributed by atoms with Crippen LogP contribution in [0.2, 0.25) is 13.7 Å². The molecule has 1 aromatic heterocycles. The van der Waals surface area contributed by atoms with Crippen LogP contribution in [0, 0.1) is 0 Å². The summed E-state index contributed by atoms with van der Waals surface area (Å²) in [6, 6.07) is 0. The third kappa shape index (κ3) is 1.86. The number of rotatable bonds is 1. The summed E-state index contributed by atoms with van der Waals surface area (Å²) in [5.41, 5.74) is 0. The van der Waals surface area contributed by atoms with Crippen LogP contribution in [0.4, 0.5) is 0 Å². The second-order valence-corrected chi connectivity index (χ2v) is 5.73. The van der Waals surface area contributed by atoms with E-state index in [9.17, 15) is 8.42 Å². The summed E-state index contributed by atoms with van der Waals surface area (Å²) in [7, 11) is -4.38. The van der Waals surface area contributed by atoms with Crippen molar-refractivity contribution in [1.29, 1.82) is 0 Å². The molecule has 0 atom stereocenters. The highest BCUT2D eigenvalue weighted by Crippen LogP contribution is 2.42. The fourth-order valence-electron chi connectivity index (χ4n) is 0.560. The van der Waals surface area contributed by atoms with Gasteiger partial charge >= 0.3 is 0 Å². The molecule has 0 unspecified atom stereocenters. The molecule has 3 nitrogen and oxygen atoms in total. The van der Waals surface area contributed by atoms with Crippen LogP contribution in [0.5, 0.6) is 0 Å². The Kier molecular flexibility index (Phi) is 2.92. The first kappa shape index (κ1) is 10.6. The molecule has 0 fully saturated rings. The first-order valence-electron chi connectivity index (χ1n) is 2.45. The number of hydrogen-bond acceptors (Lipinski definition) is 3. The lowest BCUT2D eigenvalue weighted by Gasteiger charge is -1.92. The first-order valence-corrected chi connectivity index (χ1v) is 5.84. The van der Waals surface area contributed by atoms with Gasteiger partial charge in [-0.2, -0.15) is 8.42 Å². The molecule has 0 saturated carbocycles. The summed E-state index contributed by atoms with van der Waals surface area (Å²) in [6.45, 7) is 0. The molecule has 0 aliphatic heterocycles. The van der Waals surface area contributed by atoms with E-state index < -0.39 is 15.0 Å². The third-order valence-corrected chi connectivity index (χ3v) is 4.46. The van der Waals surface area contributed by atoms with Gasteiger partial charge in [0.1, 0.15) is 13.6 Å². The highest BCUT2D eigenvalue weighted by molar-refractivity contribution is 7.86. The molecule has 0 radical (unpaired) electrons. The molecule has 0 aromatic carbocycles. The maximum atomic E-state index is 10.6. The lowest BCUT2D eigenvalue weighted by molar-refractivity contribution is 0.483. The van der Waals surface area contributed by atoms with Crippen molar-refractivity contribution in [3.05, 3.63) is 13.7 Å². The minimum Gasteiger partial charge on any atom is -0.282 e. The molecule has 0 amide bonds. The fourth-order valence-corrected chi connectivity index (χ4v) is 3.87. The van der Waals surface area contributed by atoms with E-state index in [0.29, 0.717) is 0 Å². The van der Waals surface area contributed by atoms with Gasteiger partial charge in [-0.3, -0.25) is 4.55 Å². The average molecular weight is 268 g/mol. The summed E-state index contributed by atoms with van der Waals surface area (Å²) in [4.78, 5) is -0.527. The monoisotopic (exact) mass is 266 g/mol. The SMILES string of the molecule is O=S(=O)(O)c1c(Cl)sc(Cl)c1Cl. The smallest absolute Gasteiger partial charge is 0.282 e. The van der Waals surface area contributed by atoms with Crippen LogP contribution in [0.1, 0.15) is 0 Å². The van der Waals surface area contributed by atoms with Crippen molar-refractivity contribution in [3.63, 3.8) is 0 Å². The second-order valence-electron chi connectivity index (χ2n) is 1.77. The van der Waals surface area contributed by atoms with Gasteiger partial charge in [0.15, 0.2) is 0 Å². The van der Waals surface area contributed by atoms with Crippen LogP contribution in [-0.2, 0) is 10.1 Å². The lowest BCUT2D eigenvalue weighted by Crippen LogP contribution is -1.96. The maximum Gasteiger partial charge on any atom is 0.298 e. The van der Waals surface area contributed by atoms with Gasteiger partial charge in [0.2, 0.25) is 0 Å². The predicted molar refractivity (Wildman–Crippen MR) is 49.2 cm³/mol. The van der Waals surface area contributed by atoms with Crippen molar-refractivity contribution < 1.29 is 13.0 Å². The minimum absolute atomic E-state index is 0.0364. The van der Waals surface area contributed by atoms with Gasteiger partial charge in [0.25, 0.3) is 10.1 Å². The molecule has 8 heteroatoms. The molecule has 0 spiro atoms. The largest absolute Gasteiger partial charge is 0.298 e. The Morgan fingerprint density at radius 1 is 1.17 bits per heavy atom. The normalized spacial score (nSPS) is 12.0. The third-order valence-electron chi connectivity index (χ3n) is 0.988. The topological polar surface area (TPSA) is 54.4 Å². The van der Waals surface area contributed by atoms with Crippen LogP contribution in [-0.4, -0.2) is 13.0 Å². The Balaban J connectivity index is 3.54. The van der Waals surface area contributed by atoms with E-state index >= 15 is 0 Å². The van der Waals surface area contributed by atoms with E-state index in [2.05, 4.69) is 0 Å². The molecule has 1 aromatic rings. The summed E-state index contributed by atoms with van der Waals surface area (Å²) >= 11 is 17.1. The molecule has 0 saturated heterocycles. The quantitative estimate of drug-likeness (QED) is 0.796. The van der Waals surface area contributed by atoms with Crippen molar-refractivity contribution in [2.45, 2.75) is 4.90 Å². The molecule has 0 aliphatic carbocycles. The Bertz CT molecular complexity index is 407. The molecule has 1 N–H and O–H groups in total. The van der Waals surface area contributed by atoms with Crippen molar-refractivity contribution in [3.8, 4) is 0 Å². The highest BCUT2D eigenvalue weighted by atomic mass is 35.5. The zero-order valence-corrected chi connectivity index (χ0v) is 9.11. The van der Waals surface area contributed by atoms with Gasteiger partial charge in [-0.15, -0.1) is 11.3 Å². The van der Waals surface area contributed by atoms with Gasteiger partial charge in [-0.25, -0.2) is 0 Å². The van der Waals surface area contributed by atoms with E-state index in [4.69, 9.17) is 39.4 Å². The molecular formula is C4HCl3O3S2. The highest BCUT2D eigenvalue weighted by Gasteiger charge is 2.24. The van der Waals surface area contributed by atoms with Gasteiger partial charge < -0.3 is 0 Å². The van der Waals surface area contributed by atoms with E-state index in [-0.39, 0.29) is 13.7 Å². The predicted octanol–water partition coefficient (Wildman–Crippen LogP) is 2.96. The first-order chi connectivity index (χ1) is 5.34. The van der Waals surface area contributed by atoms with Crippen molar-refractivity contribution in [1.82, 2.24) is 0 Å². The summed E-state index contributed by atoms with van der Waals surface area (Å²) < 4.78 is 29.8. The van der Waals surface area contributed by atoms with Crippen molar-refractivity contribution >= 4 is 56.3 Å². The van der Waals surface area contributed by atoms with Crippen LogP contribution in [0.15, 0.2) is 4.90 Å². The summed E-state index contributed by atoms with van der Waals surface area (Å²) in [5, 5.41) is -0.242. The van der Waals surface area contributed by atoms with Gasteiger partial charge in [-0.05, 0) is 0 Å². The van der Waals surface area contributed by atoms with Gasteiger partial charge in [0.05, 0.1) is 5.02 Å². The van der Waals surface area contributed by atoms with E-state index in [1.165, 1.54) is 0 Å². The van der Waals surface area contributed by atoms with E-state index in [1.807, 2.05) is 0 Å². The van der Waals surface area contributed by atoms with Crippen molar-refractivity contribution in [2.24, 2.45) is 0 Å². The van der Waals surface area contributed by atoms with Gasteiger partial charge in [0, 0.05) is 0 Å². The Morgan fingerprint density at radius 2 is 1.67 bits per heavy atom. The van der Waals surface area contributed by atoms with Crippen molar-refractivity contribution in [2.75, 3.05) is 0 Å². The number of hydrogen-bond donors (Lipinski definition) is 1. The Hall–Kier alpha value is 0.480. The molecule has 1 rings (SSSR count). The molecule has 68 valence electrons. The van der Waals surface area contributed by atoms with Crippen LogP contribution in [0.25, 0.3) is 0 Å². The lowest BCUT2D eigenvalue weighted by atomic mass is 10.6. The molecular weight excluding hydrogens is 267 g/mol.